The predicted octanol–water partition coefficient (Wildman–Crippen LogP) is 0.881. The minimum atomic E-state index is -0.782. The van der Waals surface area contributed by atoms with Crippen LogP contribution in [0.2, 0.25) is 5.02 Å². The van der Waals surface area contributed by atoms with Crippen LogP contribution in [0.3, 0.4) is 0 Å². The summed E-state index contributed by atoms with van der Waals surface area (Å²) < 4.78 is 0. The van der Waals surface area contributed by atoms with E-state index in [1.807, 2.05) is 0 Å². The largest absolute Gasteiger partial charge is 0.395 e. The van der Waals surface area contributed by atoms with Gasteiger partial charge in [-0.3, -0.25) is 14.9 Å². The van der Waals surface area contributed by atoms with Crippen LogP contribution in [0.25, 0.3) is 0 Å². The van der Waals surface area contributed by atoms with E-state index in [0.29, 0.717) is 0 Å². The summed E-state index contributed by atoms with van der Waals surface area (Å²) in [6, 6.07) is 5.40. The van der Waals surface area contributed by atoms with Gasteiger partial charge in [0.05, 0.1) is 18.1 Å². The van der Waals surface area contributed by atoms with E-state index in [1.165, 1.54) is 23.2 Å². The maximum atomic E-state index is 12.1. The van der Waals surface area contributed by atoms with E-state index in [0.717, 1.165) is 6.07 Å². The van der Waals surface area contributed by atoms with Gasteiger partial charge in [0.2, 0.25) is 0 Å². The SMILES string of the molecule is N#C/C(=C/N(CCO)CCO)C(=O)Nc1ccc(Cl)c([N+](=O)[O-])c1. The summed E-state index contributed by atoms with van der Waals surface area (Å²) in [5.74, 6) is -0.782. The fraction of sp³-hybridized carbons (Fsp3) is 0.286. The molecule has 0 aliphatic carbocycles. The summed E-state index contributed by atoms with van der Waals surface area (Å²) in [6.07, 6.45) is 1.20. The molecule has 0 bridgehead atoms. The molecule has 0 saturated carbocycles. The van der Waals surface area contributed by atoms with Gasteiger partial charge in [-0.1, -0.05) is 11.6 Å². The number of carbonyl (C=O) groups is 1. The second kappa shape index (κ2) is 9.46. The first-order valence-electron chi connectivity index (χ1n) is 6.76. The molecule has 0 atom stereocenters. The maximum absolute atomic E-state index is 12.1. The Hall–Kier alpha value is -2.67. The molecule has 1 rings (SSSR count). The monoisotopic (exact) mass is 354 g/mol. The van der Waals surface area contributed by atoms with E-state index in [-0.39, 0.29) is 48.3 Å². The molecule has 0 spiro atoms. The summed E-state index contributed by atoms with van der Waals surface area (Å²) >= 11 is 5.68. The minimum absolute atomic E-state index is 0.0777. The Morgan fingerprint density at radius 3 is 2.54 bits per heavy atom. The third-order valence-corrected chi connectivity index (χ3v) is 3.17. The van der Waals surface area contributed by atoms with Crippen molar-refractivity contribution in [3.63, 3.8) is 0 Å². The molecule has 0 aromatic heterocycles. The summed E-state index contributed by atoms with van der Waals surface area (Å²) in [4.78, 5) is 23.6. The van der Waals surface area contributed by atoms with Crippen LogP contribution in [-0.4, -0.2) is 52.2 Å². The Kier molecular flexibility index (Phi) is 7.64. The lowest BCUT2D eigenvalue weighted by atomic mass is 10.2. The standard InChI is InChI=1S/C14H15ClN4O5/c15-12-2-1-11(7-13(12)19(23)24)17-14(22)10(8-16)9-18(3-5-20)4-6-21/h1-2,7,9,20-21H,3-6H2,(H,17,22)/b10-9-. The molecule has 0 fully saturated rings. The van der Waals surface area contributed by atoms with E-state index in [1.54, 1.807) is 6.07 Å². The highest BCUT2D eigenvalue weighted by Crippen LogP contribution is 2.27. The van der Waals surface area contributed by atoms with Gasteiger partial charge < -0.3 is 20.4 Å². The molecule has 0 saturated heterocycles. The number of nitrogens with zero attached hydrogens (tertiary/aromatic N) is 3. The fourth-order valence-electron chi connectivity index (χ4n) is 1.75. The quantitative estimate of drug-likeness (QED) is 0.272. The molecule has 0 unspecified atom stereocenters. The van der Waals surface area contributed by atoms with Crippen LogP contribution in [0.5, 0.6) is 0 Å². The van der Waals surface area contributed by atoms with Crippen LogP contribution in [0.4, 0.5) is 11.4 Å². The van der Waals surface area contributed by atoms with Crippen molar-refractivity contribution >= 4 is 28.9 Å². The Labute approximate surface area is 142 Å². The van der Waals surface area contributed by atoms with Gasteiger partial charge in [-0.15, -0.1) is 0 Å². The molecule has 1 amide bonds. The molecular weight excluding hydrogens is 340 g/mol. The van der Waals surface area contributed by atoms with Gasteiger partial charge in [0.1, 0.15) is 16.7 Å². The first-order chi connectivity index (χ1) is 11.4. The number of halogens is 1. The van der Waals surface area contributed by atoms with E-state index in [2.05, 4.69) is 5.32 Å². The van der Waals surface area contributed by atoms with Crippen molar-refractivity contribution in [1.82, 2.24) is 4.90 Å². The van der Waals surface area contributed by atoms with Crippen molar-refractivity contribution in [2.75, 3.05) is 31.6 Å². The van der Waals surface area contributed by atoms with Crippen molar-refractivity contribution in [2.24, 2.45) is 0 Å². The Morgan fingerprint density at radius 2 is 2.04 bits per heavy atom. The van der Waals surface area contributed by atoms with Crippen molar-refractivity contribution in [3.8, 4) is 6.07 Å². The van der Waals surface area contributed by atoms with Crippen molar-refractivity contribution in [1.29, 1.82) is 5.26 Å². The van der Waals surface area contributed by atoms with Crippen molar-refractivity contribution in [3.05, 3.63) is 45.1 Å². The van der Waals surface area contributed by atoms with Gasteiger partial charge in [0, 0.05) is 31.0 Å². The van der Waals surface area contributed by atoms with Crippen molar-refractivity contribution < 1.29 is 19.9 Å². The number of benzene rings is 1. The van der Waals surface area contributed by atoms with Crippen LogP contribution in [0.15, 0.2) is 30.0 Å². The molecule has 0 aliphatic rings. The van der Waals surface area contributed by atoms with Gasteiger partial charge in [-0.2, -0.15) is 5.26 Å². The van der Waals surface area contributed by atoms with E-state index < -0.39 is 10.8 Å². The Morgan fingerprint density at radius 1 is 1.42 bits per heavy atom. The molecule has 0 aliphatic heterocycles. The zero-order valence-electron chi connectivity index (χ0n) is 12.5. The summed E-state index contributed by atoms with van der Waals surface area (Å²) in [7, 11) is 0. The third kappa shape index (κ3) is 5.51. The van der Waals surface area contributed by atoms with Gasteiger partial charge >= 0.3 is 0 Å². The van der Waals surface area contributed by atoms with Crippen molar-refractivity contribution in [2.45, 2.75) is 0 Å². The fourth-order valence-corrected chi connectivity index (χ4v) is 1.93. The highest BCUT2D eigenvalue weighted by Gasteiger charge is 2.16. The predicted molar refractivity (Wildman–Crippen MR) is 86.2 cm³/mol. The second-order valence-corrected chi connectivity index (χ2v) is 4.92. The van der Waals surface area contributed by atoms with Gasteiger partial charge in [-0.05, 0) is 12.1 Å². The average Bonchev–Trinajstić information content (AvgIpc) is 2.54. The van der Waals surface area contributed by atoms with E-state index in [4.69, 9.17) is 27.1 Å². The lowest BCUT2D eigenvalue weighted by molar-refractivity contribution is -0.384. The van der Waals surface area contributed by atoms with Crippen LogP contribution in [0, 0.1) is 21.4 Å². The topological polar surface area (TPSA) is 140 Å². The summed E-state index contributed by atoms with van der Waals surface area (Å²) in [5.41, 5.74) is -0.554. The lowest BCUT2D eigenvalue weighted by Crippen LogP contribution is -2.26. The number of anilines is 1. The number of hydrogen-bond donors (Lipinski definition) is 3. The highest BCUT2D eigenvalue weighted by molar-refractivity contribution is 6.32. The van der Waals surface area contributed by atoms with E-state index in [9.17, 15) is 14.9 Å². The van der Waals surface area contributed by atoms with Crippen LogP contribution >= 0.6 is 11.6 Å². The maximum Gasteiger partial charge on any atom is 0.289 e. The summed E-state index contributed by atoms with van der Waals surface area (Å²) in [5, 5.41) is 40.0. The van der Waals surface area contributed by atoms with E-state index >= 15 is 0 Å². The first-order valence-corrected chi connectivity index (χ1v) is 7.13. The molecular formula is C14H15ClN4O5. The number of aliphatic hydroxyl groups excluding tert-OH is 2. The number of nitro groups is 1. The highest BCUT2D eigenvalue weighted by atomic mass is 35.5. The smallest absolute Gasteiger partial charge is 0.289 e. The molecule has 128 valence electrons. The molecule has 0 heterocycles. The minimum Gasteiger partial charge on any atom is -0.395 e. The Bertz CT molecular complexity index is 680. The molecule has 3 N–H and O–H groups in total. The first kappa shape index (κ1) is 19.4. The zero-order valence-corrected chi connectivity index (χ0v) is 13.2. The third-order valence-electron chi connectivity index (χ3n) is 2.85. The van der Waals surface area contributed by atoms with Gasteiger partial charge in [0.15, 0.2) is 0 Å². The normalized spacial score (nSPS) is 10.8. The van der Waals surface area contributed by atoms with Gasteiger partial charge in [-0.25, -0.2) is 0 Å². The second-order valence-electron chi connectivity index (χ2n) is 4.52. The number of aliphatic hydroxyl groups is 2. The molecule has 24 heavy (non-hydrogen) atoms. The number of nitro benzene ring substituents is 1. The van der Waals surface area contributed by atoms with Gasteiger partial charge in [0.25, 0.3) is 11.6 Å². The molecule has 1 aromatic rings. The van der Waals surface area contributed by atoms with Crippen LogP contribution in [0.1, 0.15) is 0 Å². The summed E-state index contributed by atoms with van der Waals surface area (Å²) in [6.45, 7) is -0.183. The van der Waals surface area contributed by atoms with Crippen LogP contribution in [-0.2, 0) is 4.79 Å². The number of rotatable bonds is 8. The zero-order chi connectivity index (χ0) is 18.1. The number of amides is 1. The number of carbonyl (C=O) groups excluding carboxylic acids is 1. The molecule has 1 aromatic carbocycles. The number of nitrogens with one attached hydrogen (secondary N) is 1. The Balaban J connectivity index is 2.97. The number of hydrogen-bond acceptors (Lipinski definition) is 7. The lowest BCUT2D eigenvalue weighted by Gasteiger charge is -2.18. The molecule has 9 nitrogen and oxygen atoms in total. The number of nitriles is 1. The van der Waals surface area contributed by atoms with Crippen LogP contribution < -0.4 is 5.32 Å². The average molecular weight is 355 g/mol. The molecule has 0 radical (unpaired) electrons. The molecule has 10 heteroatoms.